The molecule has 2 saturated carbocycles. The van der Waals surface area contributed by atoms with Crippen molar-refractivity contribution in [2.45, 2.75) is 58.0 Å². The zero-order valence-electron chi connectivity index (χ0n) is 10.2. The quantitative estimate of drug-likeness (QED) is 0.751. The second-order valence-electron chi connectivity index (χ2n) is 5.85. The molecule has 3 heteroatoms. The van der Waals surface area contributed by atoms with Gasteiger partial charge in [0.2, 0.25) is 0 Å². The molecule has 0 amide bonds. The normalized spacial score (nSPS) is 32.3. The molecule has 0 heterocycles. The van der Waals surface area contributed by atoms with E-state index in [1.54, 1.807) is 0 Å². The number of rotatable bonds is 5. The molecule has 0 saturated heterocycles. The van der Waals surface area contributed by atoms with Crippen molar-refractivity contribution < 1.29 is 4.74 Å². The molecule has 2 atom stereocenters. The standard InChI is InChI=1S/C13H23NOS/c1-10-3-2-4-11(7-10)15-9-13(5-6-13)8-12(14)16/h10-11H,2-9H2,1H3,(H2,14,16). The molecular weight excluding hydrogens is 218 g/mol. The molecule has 2 aliphatic carbocycles. The van der Waals surface area contributed by atoms with Crippen LogP contribution < -0.4 is 5.73 Å². The minimum absolute atomic E-state index is 0.326. The summed E-state index contributed by atoms with van der Waals surface area (Å²) in [6, 6.07) is 0. The Bertz CT molecular complexity index is 263. The van der Waals surface area contributed by atoms with Crippen molar-refractivity contribution in [1.29, 1.82) is 0 Å². The lowest BCUT2D eigenvalue weighted by atomic mass is 9.88. The molecule has 2 rings (SSSR count). The van der Waals surface area contributed by atoms with Gasteiger partial charge in [0.05, 0.1) is 17.7 Å². The zero-order chi connectivity index (χ0) is 11.6. The van der Waals surface area contributed by atoms with Crippen molar-refractivity contribution in [2.75, 3.05) is 6.61 Å². The Morgan fingerprint density at radius 3 is 2.75 bits per heavy atom. The first-order valence-corrected chi connectivity index (χ1v) is 6.90. The number of hydrogen-bond donors (Lipinski definition) is 1. The smallest absolute Gasteiger partial charge is 0.0733 e. The Kier molecular flexibility index (Phi) is 3.85. The van der Waals surface area contributed by atoms with Crippen molar-refractivity contribution in [2.24, 2.45) is 17.1 Å². The third-order valence-corrected chi connectivity index (χ3v) is 4.16. The van der Waals surface area contributed by atoms with E-state index in [0.717, 1.165) is 18.9 Å². The van der Waals surface area contributed by atoms with E-state index in [4.69, 9.17) is 22.7 Å². The molecule has 2 fully saturated rings. The third-order valence-electron chi connectivity index (χ3n) is 4.02. The van der Waals surface area contributed by atoms with Gasteiger partial charge in [-0.3, -0.25) is 0 Å². The van der Waals surface area contributed by atoms with E-state index in [0.29, 0.717) is 16.5 Å². The van der Waals surface area contributed by atoms with Gasteiger partial charge in [-0.25, -0.2) is 0 Å². The van der Waals surface area contributed by atoms with Crippen LogP contribution in [0, 0.1) is 11.3 Å². The topological polar surface area (TPSA) is 35.2 Å². The molecule has 0 bridgehead atoms. The first-order valence-electron chi connectivity index (χ1n) is 6.50. The molecule has 2 N–H and O–H groups in total. The SMILES string of the molecule is CC1CCCC(OCC2(CC(N)=S)CC2)C1. The van der Waals surface area contributed by atoms with E-state index >= 15 is 0 Å². The second-order valence-corrected chi connectivity index (χ2v) is 6.37. The highest BCUT2D eigenvalue weighted by Crippen LogP contribution is 2.49. The molecule has 0 radical (unpaired) electrons. The van der Waals surface area contributed by atoms with Gasteiger partial charge in [-0.1, -0.05) is 32.0 Å². The van der Waals surface area contributed by atoms with Crippen LogP contribution in [0.5, 0.6) is 0 Å². The van der Waals surface area contributed by atoms with Gasteiger partial charge in [0.15, 0.2) is 0 Å². The number of ether oxygens (including phenoxy) is 1. The van der Waals surface area contributed by atoms with Crippen LogP contribution in [0.1, 0.15) is 51.9 Å². The third kappa shape index (κ3) is 3.42. The van der Waals surface area contributed by atoms with Crippen molar-refractivity contribution in [3.05, 3.63) is 0 Å². The van der Waals surface area contributed by atoms with E-state index in [1.807, 2.05) is 0 Å². The monoisotopic (exact) mass is 241 g/mol. The molecule has 92 valence electrons. The van der Waals surface area contributed by atoms with Crippen LogP contribution in [0.4, 0.5) is 0 Å². The van der Waals surface area contributed by atoms with Gasteiger partial charge in [-0.2, -0.15) is 0 Å². The molecule has 0 spiro atoms. The summed E-state index contributed by atoms with van der Waals surface area (Å²) in [5.74, 6) is 0.837. The van der Waals surface area contributed by atoms with E-state index in [1.165, 1.54) is 38.5 Å². The number of hydrogen-bond acceptors (Lipinski definition) is 2. The predicted octanol–water partition coefficient (Wildman–Crippen LogP) is 3.04. The summed E-state index contributed by atoms with van der Waals surface area (Å²) in [4.78, 5) is 0.651. The molecule has 2 nitrogen and oxygen atoms in total. The predicted molar refractivity (Wildman–Crippen MR) is 70.4 cm³/mol. The van der Waals surface area contributed by atoms with Crippen LogP contribution in [0.25, 0.3) is 0 Å². The average molecular weight is 241 g/mol. The molecule has 2 unspecified atom stereocenters. The van der Waals surface area contributed by atoms with E-state index in [2.05, 4.69) is 6.92 Å². The van der Waals surface area contributed by atoms with Crippen molar-refractivity contribution in [3.63, 3.8) is 0 Å². The fourth-order valence-corrected chi connectivity index (χ4v) is 3.05. The van der Waals surface area contributed by atoms with E-state index in [9.17, 15) is 0 Å². The van der Waals surface area contributed by atoms with Gasteiger partial charge in [0, 0.05) is 11.8 Å². The van der Waals surface area contributed by atoms with Crippen LogP contribution in [0.2, 0.25) is 0 Å². The molecule has 0 aromatic carbocycles. The Hall–Kier alpha value is -0.150. The van der Waals surface area contributed by atoms with Gasteiger partial charge in [-0.05, 0) is 31.6 Å². The van der Waals surface area contributed by atoms with Crippen LogP contribution in [0.15, 0.2) is 0 Å². The van der Waals surface area contributed by atoms with Gasteiger partial charge in [-0.15, -0.1) is 0 Å². The maximum absolute atomic E-state index is 6.07. The van der Waals surface area contributed by atoms with Crippen molar-refractivity contribution in [3.8, 4) is 0 Å². The summed E-state index contributed by atoms with van der Waals surface area (Å²) in [6.45, 7) is 3.21. The summed E-state index contributed by atoms with van der Waals surface area (Å²) < 4.78 is 6.07. The van der Waals surface area contributed by atoms with Crippen LogP contribution in [-0.2, 0) is 4.74 Å². The van der Waals surface area contributed by atoms with Crippen LogP contribution in [-0.4, -0.2) is 17.7 Å². The average Bonchev–Trinajstić information content (AvgIpc) is 2.95. The van der Waals surface area contributed by atoms with E-state index in [-0.39, 0.29) is 0 Å². The lowest BCUT2D eigenvalue weighted by Crippen LogP contribution is -2.26. The lowest BCUT2D eigenvalue weighted by molar-refractivity contribution is -0.00739. The van der Waals surface area contributed by atoms with Crippen LogP contribution in [0.3, 0.4) is 0 Å². The Morgan fingerprint density at radius 1 is 1.44 bits per heavy atom. The number of thiocarbonyl (C=S) groups is 1. The largest absolute Gasteiger partial charge is 0.393 e. The van der Waals surface area contributed by atoms with E-state index < -0.39 is 0 Å². The zero-order valence-corrected chi connectivity index (χ0v) is 11.0. The first-order chi connectivity index (χ1) is 7.60. The minimum Gasteiger partial charge on any atom is -0.393 e. The molecule has 16 heavy (non-hydrogen) atoms. The van der Waals surface area contributed by atoms with Crippen molar-refractivity contribution >= 4 is 17.2 Å². The highest BCUT2D eigenvalue weighted by molar-refractivity contribution is 7.80. The van der Waals surface area contributed by atoms with Gasteiger partial charge in [0.1, 0.15) is 0 Å². The summed E-state index contributed by atoms with van der Waals surface area (Å²) in [6.07, 6.45) is 9.04. The molecular formula is C13H23NOS. The van der Waals surface area contributed by atoms with Gasteiger partial charge < -0.3 is 10.5 Å². The Morgan fingerprint density at radius 2 is 2.19 bits per heavy atom. The van der Waals surface area contributed by atoms with Crippen molar-refractivity contribution in [1.82, 2.24) is 0 Å². The summed E-state index contributed by atoms with van der Waals surface area (Å²) >= 11 is 5.00. The fourth-order valence-electron chi connectivity index (χ4n) is 2.74. The summed E-state index contributed by atoms with van der Waals surface area (Å²) in [5.41, 5.74) is 5.95. The highest BCUT2D eigenvalue weighted by atomic mass is 32.1. The summed E-state index contributed by atoms with van der Waals surface area (Å²) in [5, 5.41) is 0. The molecule has 0 aliphatic heterocycles. The lowest BCUT2D eigenvalue weighted by Gasteiger charge is -2.28. The first kappa shape index (κ1) is 12.3. The van der Waals surface area contributed by atoms with Crippen LogP contribution >= 0.6 is 12.2 Å². The molecule has 2 aliphatic rings. The Balaban J connectivity index is 1.72. The molecule has 0 aromatic heterocycles. The highest BCUT2D eigenvalue weighted by Gasteiger charge is 2.43. The minimum atomic E-state index is 0.326. The number of nitrogens with two attached hydrogens (primary N) is 1. The fraction of sp³-hybridized carbons (Fsp3) is 0.923. The van der Waals surface area contributed by atoms with Gasteiger partial charge in [0.25, 0.3) is 0 Å². The Labute approximate surface area is 104 Å². The summed E-state index contributed by atoms with van der Waals surface area (Å²) in [7, 11) is 0. The second kappa shape index (κ2) is 5.01. The molecule has 0 aromatic rings. The van der Waals surface area contributed by atoms with Gasteiger partial charge >= 0.3 is 0 Å². The maximum atomic E-state index is 6.07. The maximum Gasteiger partial charge on any atom is 0.0733 e.